The molecule has 0 amide bonds. The van der Waals surface area contributed by atoms with Crippen molar-refractivity contribution in [2.75, 3.05) is 6.61 Å². The summed E-state index contributed by atoms with van der Waals surface area (Å²) in [5.41, 5.74) is 5.01. The second-order valence-electron chi connectivity index (χ2n) is 7.70. The van der Waals surface area contributed by atoms with E-state index in [9.17, 15) is 14.0 Å². The summed E-state index contributed by atoms with van der Waals surface area (Å²) in [5.74, 6) is -0.231. The molecule has 7 heteroatoms. The molecule has 0 radical (unpaired) electrons. The molecule has 0 spiro atoms. The zero-order valence-electron chi connectivity index (χ0n) is 18.3. The number of rotatable bonds is 9. The van der Waals surface area contributed by atoms with E-state index in [1.807, 2.05) is 26.8 Å². The minimum Gasteiger partial charge on any atom is -0.457 e. The van der Waals surface area contributed by atoms with Crippen molar-refractivity contribution in [2.24, 2.45) is 0 Å². The molecular formula is C24H27FN2O4. The molecule has 2 heterocycles. The summed E-state index contributed by atoms with van der Waals surface area (Å²) in [4.78, 5) is 24.7. The van der Waals surface area contributed by atoms with Crippen molar-refractivity contribution in [1.29, 1.82) is 0 Å². The van der Waals surface area contributed by atoms with Gasteiger partial charge in [-0.25, -0.2) is 4.39 Å². The fourth-order valence-electron chi connectivity index (χ4n) is 3.70. The fourth-order valence-corrected chi connectivity index (χ4v) is 3.70. The van der Waals surface area contributed by atoms with Crippen molar-refractivity contribution in [3.63, 3.8) is 0 Å². The van der Waals surface area contributed by atoms with Crippen LogP contribution in [0.15, 0.2) is 34.9 Å². The number of nitrogens with zero attached hydrogens (tertiary/aromatic N) is 2. The first-order chi connectivity index (χ1) is 14.8. The zero-order valence-corrected chi connectivity index (χ0v) is 18.3. The van der Waals surface area contributed by atoms with Crippen molar-refractivity contribution in [3.8, 4) is 0 Å². The number of ether oxygens (including phenoxy) is 1. The van der Waals surface area contributed by atoms with Gasteiger partial charge in [0.25, 0.3) is 0 Å². The minimum atomic E-state index is -0.432. The highest BCUT2D eigenvalue weighted by molar-refractivity contribution is 5.99. The number of hydrogen-bond donors (Lipinski definition) is 0. The van der Waals surface area contributed by atoms with E-state index in [4.69, 9.17) is 9.26 Å². The Bertz CT molecular complexity index is 1060. The van der Waals surface area contributed by atoms with Gasteiger partial charge in [-0.3, -0.25) is 9.59 Å². The number of aromatic nitrogens is 2. The Kier molecular flexibility index (Phi) is 7.05. The van der Waals surface area contributed by atoms with Crippen molar-refractivity contribution in [3.05, 3.63) is 75.7 Å². The number of carbonyl (C=O) groups excluding carboxylic acids is 2. The van der Waals surface area contributed by atoms with Gasteiger partial charge in [-0.15, -0.1) is 0 Å². The van der Waals surface area contributed by atoms with Crippen molar-refractivity contribution in [2.45, 2.75) is 53.5 Å². The topological polar surface area (TPSA) is 74.3 Å². The maximum atomic E-state index is 13.1. The van der Waals surface area contributed by atoms with Crippen LogP contribution in [0.2, 0.25) is 0 Å². The predicted molar refractivity (Wildman–Crippen MR) is 114 cm³/mol. The van der Waals surface area contributed by atoms with Gasteiger partial charge < -0.3 is 13.8 Å². The second-order valence-corrected chi connectivity index (χ2v) is 7.70. The predicted octanol–water partition coefficient (Wildman–Crippen LogP) is 4.45. The molecule has 31 heavy (non-hydrogen) atoms. The van der Waals surface area contributed by atoms with Crippen LogP contribution in [0.1, 0.15) is 50.7 Å². The van der Waals surface area contributed by atoms with Gasteiger partial charge >= 0.3 is 5.97 Å². The fraction of sp³-hybridized carbons (Fsp3) is 0.375. The number of hydrogen-bond acceptors (Lipinski definition) is 5. The van der Waals surface area contributed by atoms with E-state index in [2.05, 4.69) is 9.72 Å². The Morgan fingerprint density at radius 1 is 1.10 bits per heavy atom. The van der Waals surface area contributed by atoms with Crippen molar-refractivity contribution < 1.29 is 23.2 Å². The van der Waals surface area contributed by atoms with Crippen LogP contribution in [0.5, 0.6) is 0 Å². The molecule has 0 saturated carbocycles. The number of benzene rings is 1. The van der Waals surface area contributed by atoms with E-state index in [1.54, 1.807) is 19.1 Å². The first-order valence-corrected chi connectivity index (χ1v) is 10.3. The van der Waals surface area contributed by atoms with Crippen molar-refractivity contribution >= 4 is 11.8 Å². The Hall–Kier alpha value is -3.22. The molecule has 6 nitrogen and oxygen atoms in total. The van der Waals surface area contributed by atoms with E-state index in [0.29, 0.717) is 24.3 Å². The first-order valence-electron chi connectivity index (χ1n) is 10.3. The van der Waals surface area contributed by atoms with Gasteiger partial charge in [0.15, 0.2) is 6.61 Å². The molecule has 2 aromatic heterocycles. The van der Waals surface area contributed by atoms with Gasteiger partial charge in [-0.1, -0.05) is 17.3 Å². The number of ketones is 1. The van der Waals surface area contributed by atoms with Gasteiger partial charge in [0, 0.05) is 35.5 Å². The van der Waals surface area contributed by atoms with E-state index < -0.39 is 5.97 Å². The normalized spacial score (nSPS) is 11.0. The Labute approximate surface area is 181 Å². The molecule has 0 N–H and O–H groups in total. The second kappa shape index (κ2) is 9.73. The highest BCUT2D eigenvalue weighted by atomic mass is 19.1. The molecule has 0 bridgehead atoms. The summed E-state index contributed by atoms with van der Waals surface area (Å²) in [6.07, 6.45) is 1.35. The maximum Gasteiger partial charge on any atom is 0.306 e. The lowest BCUT2D eigenvalue weighted by atomic mass is 10.1. The van der Waals surface area contributed by atoms with Crippen LogP contribution < -0.4 is 0 Å². The smallest absolute Gasteiger partial charge is 0.306 e. The standard InChI is InChI=1S/C24H27FN2O4/c1-15-13-22(17(3)27(15)12-11-19-5-7-20(25)8-6-19)23(28)14-30-24(29)10-9-21-16(2)26-31-18(21)4/h5-8,13H,9-12,14H2,1-4H3. The summed E-state index contributed by atoms with van der Waals surface area (Å²) >= 11 is 0. The first kappa shape index (κ1) is 22.5. The summed E-state index contributed by atoms with van der Waals surface area (Å²) in [5, 5.41) is 3.87. The molecule has 0 aliphatic rings. The summed E-state index contributed by atoms with van der Waals surface area (Å²) < 4.78 is 25.4. The van der Waals surface area contributed by atoms with Gasteiger partial charge in [0.2, 0.25) is 5.78 Å². The zero-order chi connectivity index (χ0) is 22.5. The highest BCUT2D eigenvalue weighted by Gasteiger charge is 2.18. The third-order valence-electron chi connectivity index (χ3n) is 5.54. The summed E-state index contributed by atoms with van der Waals surface area (Å²) in [6, 6.07) is 8.23. The molecule has 0 atom stereocenters. The van der Waals surface area contributed by atoms with Crippen LogP contribution in [0, 0.1) is 33.5 Å². The van der Waals surface area contributed by atoms with E-state index >= 15 is 0 Å². The van der Waals surface area contributed by atoms with E-state index in [1.165, 1.54) is 12.1 Å². The average molecular weight is 426 g/mol. The lowest BCUT2D eigenvalue weighted by molar-refractivity contribution is -0.142. The maximum absolute atomic E-state index is 13.1. The van der Waals surface area contributed by atoms with Crippen LogP contribution in [0.25, 0.3) is 0 Å². The molecule has 0 unspecified atom stereocenters. The minimum absolute atomic E-state index is 0.160. The van der Waals surface area contributed by atoms with Crippen LogP contribution in [0.4, 0.5) is 4.39 Å². The number of carbonyl (C=O) groups is 2. The molecule has 1 aromatic carbocycles. The number of Topliss-reactive ketones (excluding diaryl/α,β-unsaturated/α-hetero) is 1. The lowest BCUT2D eigenvalue weighted by Gasteiger charge is -2.10. The van der Waals surface area contributed by atoms with Crippen molar-refractivity contribution in [1.82, 2.24) is 9.72 Å². The largest absolute Gasteiger partial charge is 0.457 e. The lowest BCUT2D eigenvalue weighted by Crippen LogP contribution is -2.15. The quantitative estimate of drug-likeness (QED) is 0.373. The average Bonchev–Trinajstić information content (AvgIpc) is 3.22. The van der Waals surface area contributed by atoms with Gasteiger partial charge in [-0.05, 0) is 64.3 Å². The molecule has 0 aliphatic heterocycles. The monoisotopic (exact) mass is 426 g/mol. The highest BCUT2D eigenvalue weighted by Crippen LogP contribution is 2.18. The number of halogens is 1. The third-order valence-corrected chi connectivity index (χ3v) is 5.54. The van der Waals surface area contributed by atoms with Crippen LogP contribution in [-0.2, 0) is 28.9 Å². The molecule has 3 aromatic rings. The van der Waals surface area contributed by atoms with E-state index in [0.717, 1.165) is 34.6 Å². The van der Waals surface area contributed by atoms with Crippen LogP contribution >= 0.6 is 0 Å². The summed E-state index contributed by atoms with van der Waals surface area (Å²) in [7, 11) is 0. The Balaban J connectivity index is 1.54. The van der Waals surface area contributed by atoms with Gasteiger partial charge in [0.05, 0.1) is 5.69 Å². The molecule has 164 valence electrons. The van der Waals surface area contributed by atoms with Crippen LogP contribution in [0.3, 0.4) is 0 Å². The third kappa shape index (κ3) is 5.48. The Morgan fingerprint density at radius 2 is 1.81 bits per heavy atom. The molecule has 0 saturated heterocycles. The molecule has 3 rings (SSSR count). The molecular weight excluding hydrogens is 399 g/mol. The molecule has 0 aliphatic carbocycles. The number of esters is 1. The summed E-state index contributed by atoms with van der Waals surface area (Å²) in [6.45, 7) is 7.83. The molecule has 0 fully saturated rings. The van der Waals surface area contributed by atoms with Gasteiger partial charge in [-0.2, -0.15) is 0 Å². The SMILES string of the molecule is Cc1noc(C)c1CCC(=O)OCC(=O)c1cc(C)n(CCc2ccc(F)cc2)c1C. The Morgan fingerprint density at radius 3 is 2.45 bits per heavy atom. The van der Waals surface area contributed by atoms with Gasteiger partial charge in [0.1, 0.15) is 11.6 Å². The van der Waals surface area contributed by atoms with Crippen LogP contribution in [-0.4, -0.2) is 28.1 Å². The van der Waals surface area contributed by atoms with E-state index in [-0.39, 0.29) is 24.6 Å². The number of aryl methyl sites for hydroxylation is 4.